The molecule has 2 rings (SSSR count). The van der Waals surface area contributed by atoms with Crippen molar-refractivity contribution in [3.8, 4) is 0 Å². The lowest BCUT2D eigenvalue weighted by Crippen LogP contribution is -2.40. The number of alkyl halides is 1. The minimum atomic E-state index is -0.422. The topological polar surface area (TPSA) is 20.3 Å². The first-order valence-corrected chi connectivity index (χ1v) is 7.95. The second-order valence-corrected chi connectivity index (χ2v) is 5.95. The van der Waals surface area contributed by atoms with Gasteiger partial charge in [-0.25, -0.2) is 4.39 Å². The molecule has 0 spiro atoms. The van der Waals surface area contributed by atoms with E-state index in [4.69, 9.17) is 11.6 Å². The Morgan fingerprint density at radius 1 is 1.42 bits per heavy atom. The van der Waals surface area contributed by atoms with Crippen molar-refractivity contribution in [1.82, 2.24) is 4.90 Å². The van der Waals surface area contributed by atoms with Gasteiger partial charge in [0.2, 0.25) is 0 Å². The van der Waals surface area contributed by atoms with Gasteiger partial charge in [-0.1, -0.05) is 40.4 Å². The summed E-state index contributed by atoms with van der Waals surface area (Å²) in [5.41, 5.74) is 0.385. The molecule has 0 unspecified atom stereocenters. The molecule has 2 nitrogen and oxygen atoms in total. The number of hydrogen-bond acceptors (Lipinski definition) is 1. The van der Waals surface area contributed by atoms with Gasteiger partial charge in [0.25, 0.3) is 5.91 Å². The molecule has 19 heavy (non-hydrogen) atoms. The summed E-state index contributed by atoms with van der Waals surface area (Å²) in [6.45, 7) is 0.650. The smallest absolute Gasteiger partial charge is 0.255 e. The van der Waals surface area contributed by atoms with Gasteiger partial charge in [0.15, 0.2) is 0 Å². The van der Waals surface area contributed by atoms with E-state index in [1.54, 1.807) is 0 Å². The average molecular weight is 349 g/mol. The van der Waals surface area contributed by atoms with Crippen LogP contribution in [0.5, 0.6) is 0 Å². The zero-order valence-electron chi connectivity index (χ0n) is 10.5. The Kier molecular flexibility index (Phi) is 5.22. The van der Waals surface area contributed by atoms with Crippen molar-refractivity contribution in [3.05, 3.63) is 34.6 Å². The Bertz CT molecular complexity index is 463. The molecule has 5 heteroatoms. The number of amides is 1. The van der Waals surface area contributed by atoms with Gasteiger partial charge >= 0.3 is 0 Å². The molecular formula is C14H16BrClFNO. The highest BCUT2D eigenvalue weighted by Gasteiger charge is 2.27. The molecule has 1 aromatic carbocycles. The van der Waals surface area contributed by atoms with Crippen molar-refractivity contribution < 1.29 is 9.18 Å². The third kappa shape index (κ3) is 3.48. The molecule has 0 radical (unpaired) electrons. The summed E-state index contributed by atoms with van der Waals surface area (Å²) in [6, 6.07) is 4.22. The minimum Gasteiger partial charge on any atom is -0.335 e. The Morgan fingerprint density at radius 2 is 2.11 bits per heavy atom. The predicted molar refractivity (Wildman–Crippen MR) is 78.5 cm³/mol. The zero-order valence-corrected chi connectivity index (χ0v) is 12.9. The first-order valence-electron chi connectivity index (χ1n) is 6.45. The molecule has 1 fully saturated rings. The maximum Gasteiger partial charge on any atom is 0.255 e. The fraction of sp³-hybridized carbons (Fsp3) is 0.500. The number of carbonyl (C=O) groups is 1. The summed E-state index contributed by atoms with van der Waals surface area (Å²) in [5, 5.41) is 0.913. The summed E-state index contributed by atoms with van der Waals surface area (Å²) in [4.78, 5) is 14.4. The third-order valence-corrected chi connectivity index (χ3v) is 4.18. The van der Waals surface area contributed by atoms with Crippen LogP contribution in [0.3, 0.4) is 0 Å². The maximum absolute atomic E-state index is 13.0. The van der Waals surface area contributed by atoms with E-state index in [9.17, 15) is 9.18 Å². The molecule has 0 N–H and O–H groups in total. The fourth-order valence-electron chi connectivity index (χ4n) is 2.57. The number of benzene rings is 1. The van der Waals surface area contributed by atoms with Crippen LogP contribution < -0.4 is 0 Å². The molecule has 1 amide bonds. The van der Waals surface area contributed by atoms with Crippen LogP contribution in [-0.2, 0) is 0 Å². The molecule has 0 aliphatic heterocycles. The Balaban J connectivity index is 2.22. The molecule has 1 aromatic rings. The average Bonchev–Trinajstić information content (AvgIpc) is 2.89. The molecule has 0 heterocycles. The first-order chi connectivity index (χ1) is 9.13. The van der Waals surface area contributed by atoms with E-state index in [0.717, 1.165) is 31.0 Å². The first kappa shape index (κ1) is 14.8. The standard InChI is InChI=1S/C14H16BrClFNO/c15-7-8-18(11-3-1-2-4-11)14(19)12-6-5-10(17)9-13(12)16/h5-6,9,11H,1-4,7-8H2. The summed E-state index contributed by atoms with van der Waals surface area (Å²) in [7, 11) is 0. The van der Waals surface area contributed by atoms with Gasteiger partial charge in [-0.2, -0.15) is 0 Å². The van der Waals surface area contributed by atoms with Crippen LogP contribution in [0.1, 0.15) is 36.0 Å². The molecule has 0 bridgehead atoms. The van der Waals surface area contributed by atoms with Crippen molar-refractivity contribution >= 4 is 33.4 Å². The van der Waals surface area contributed by atoms with Crippen molar-refractivity contribution in [2.24, 2.45) is 0 Å². The minimum absolute atomic E-state index is 0.101. The highest BCUT2D eigenvalue weighted by Crippen LogP contribution is 2.27. The Labute approximate surface area is 126 Å². The number of halogens is 3. The zero-order chi connectivity index (χ0) is 13.8. The number of nitrogens with zero attached hydrogens (tertiary/aromatic N) is 1. The molecule has 1 aliphatic rings. The van der Waals surface area contributed by atoms with Gasteiger partial charge in [-0.3, -0.25) is 4.79 Å². The van der Waals surface area contributed by atoms with Gasteiger partial charge in [-0.15, -0.1) is 0 Å². The SMILES string of the molecule is O=C(c1ccc(F)cc1Cl)N(CCBr)C1CCCC1. The quantitative estimate of drug-likeness (QED) is 0.745. The normalized spacial score (nSPS) is 15.7. The number of carbonyl (C=O) groups excluding carboxylic acids is 1. The second-order valence-electron chi connectivity index (χ2n) is 4.75. The lowest BCUT2D eigenvalue weighted by Gasteiger charge is -2.28. The van der Waals surface area contributed by atoms with Crippen LogP contribution in [0.2, 0.25) is 5.02 Å². The molecule has 1 aliphatic carbocycles. The van der Waals surface area contributed by atoms with Gasteiger partial charge in [0, 0.05) is 17.9 Å². The van der Waals surface area contributed by atoms with E-state index in [2.05, 4.69) is 15.9 Å². The lowest BCUT2D eigenvalue weighted by molar-refractivity contribution is 0.0696. The number of rotatable bonds is 4. The van der Waals surface area contributed by atoms with Gasteiger partial charge < -0.3 is 4.90 Å². The molecule has 0 saturated heterocycles. The van der Waals surface area contributed by atoms with E-state index in [-0.39, 0.29) is 17.0 Å². The van der Waals surface area contributed by atoms with Gasteiger partial charge in [-0.05, 0) is 31.0 Å². The summed E-state index contributed by atoms with van der Waals surface area (Å²) < 4.78 is 13.0. The monoisotopic (exact) mass is 347 g/mol. The van der Waals surface area contributed by atoms with Crippen LogP contribution in [0, 0.1) is 5.82 Å². The molecule has 0 atom stereocenters. The van der Waals surface area contributed by atoms with E-state index in [0.29, 0.717) is 12.1 Å². The highest BCUT2D eigenvalue weighted by atomic mass is 79.9. The molecule has 104 valence electrons. The van der Waals surface area contributed by atoms with Crippen LogP contribution in [0.15, 0.2) is 18.2 Å². The molecular weight excluding hydrogens is 333 g/mol. The van der Waals surface area contributed by atoms with Crippen LogP contribution in [0.25, 0.3) is 0 Å². The summed E-state index contributed by atoms with van der Waals surface area (Å²) >= 11 is 9.36. The van der Waals surface area contributed by atoms with Crippen LogP contribution in [-0.4, -0.2) is 28.7 Å². The Hall–Kier alpha value is -0.610. The van der Waals surface area contributed by atoms with Gasteiger partial charge in [0.1, 0.15) is 5.82 Å². The predicted octanol–water partition coefficient (Wildman–Crippen LogP) is 4.26. The van der Waals surface area contributed by atoms with E-state index in [1.807, 2.05) is 4.90 Å². The lowest BCUT2D eigenvalue weighted by atomic mass is 10.1. The largest absolute Gasteiger partial charge is 0.335 e. The van der Waals surface area contributed by atoms with Crippen molar-refractivity contribution in [1.29, 1.82) is 0 Å². The van der Waals surface area contributed by atoms with E-state index in [1.165, 1.54) is 18.2 Å². The third-order valence-electron chi connectivity index (χ3n) is 3.51. The van der Waals surface area contributed by atoms with Crippen LogP contribution >= 0.6 is 27.5 Å². The maximum atomic E-state index is 13.0. The van der Waals surface area contributed by atoms with E-state index < -0.39 is 5.82 Å². The van der Waals surface area contributed by atoms with Crippen molar-refractivity contribution in [2.75, 3.05) is 11.9 Å². The van der Waals surface area contributed by atoms with Crippen molar-refractivity contribution in [2.45, 2.75) is 31.7 Å². The van der Waals surface area contributed by atoms with E-state index >= 15 is 0 Å². The number of hydrogen-bond donors (Lipinski definition) is 0. The van der Waals surface area contributed by atoms with Crippen LogP contribution in [0.4, 0.5) is 4.39 Å². The second kappa shape index (κ2) is 6.71. The summed E-state index contributed by atoms with van der Waals surface area (Å²) in [5.74, 6) is -0.522. The van der Waals surface area contributed by atoms with Crippen molar-refractivity contribution in [3.63, 3.8) is 0 Å². The summed E-state index contributed by atoms with van der Waals surface area (Å²) in [6.07, 6.45) is 4.40. The molecule has 1 saturated carbocycles. The molecule has 0 aromatic heterocycles. The van der Waals surface area contributed by atoms with Gasteiger partial charge in [0.05, 0.1) is 10.6 Å². The highest BCUT2D eigenvalue weighted by molar-refractivity contribution is 9.09. The Morgan fingerprint density at radius 3 is 2.68 bits per heavy atom. The fourth-order valence-corrected chi connectivity index (χ4v) is 3.20.